The van der Waals surface area contributed by atoms with E-state index in [2.05, 4.69) is 75.2 Å². The Labute approximate surface area is 234 Å². The number of hydrogen-bond donors (Lipinski definition) is 3. The smallest absolute Gasteiger partial charge is 0.144 e. The van der Waals surface area contributed by atoms with E-state index < -0.39 is 0 Å². The van der Waals surface area contributed by atoms with Gasteiger partial charge in [0, 0.05) is 29.1 Å². The van der Waals surface area contributed by atoms with E-state index in [1.807, 2.05) is 20.8 Å². The fourth-order valence-corrected chi connectivity index (χ4v) is 5.87. The molecule has 1 aliphatic heterocycles. The van der Waals surface area contributed by atoms with Gasteiger partial charge in [-0.25, -0.2) is 9.97 Å². The molecule has 2 aromatic carbocycles. The number of aromatic nitrogens is 4. The molecule has 3 N–H and O–H groups in total. The van der Waals surface area contributed by atoms with Gasteiger partial charge in [0.2, 0.25) is 0 Å². The highest BCUT2D eigenvalue weighted by Gasteiger charge is 2.23. The van der Waals surface area contributed by atoms with E-state index in [1.165, 1.54) is 5.56 Å². The lowest BCUT2D eigenvalue weighted by Crippen LogP contribution is -2.43. The Morgan fingerprint density at radius 1 is 1.10 bits per heavy atom. The first-order valence-electron chi connectivity index (χ1n) is 14.0. The number of aromatic amines is 1. The number of fused-ring (bicyclic) bond motifs is 3. The molecule has 208 valence electrons. The predicted octanol–water partition coefficient (Wildman–Crippen LogP) is 5.54. The van der Waals surface area contributed by atoms with Gasteiger partial charge in [-0.1, -0.05) is 35.5 Å². The third kappa shape index (κ3) is 5.02. The molecule has 9 nitrogen and oxygen atoms in total. The number of rotatable bonds is 8. The highest BCUT2D eigenvalue weighted by molar-refractivity contribution is 6.12. The third-order valence-corrected chi connectivity index (χ3v) is 8.03. The number of anilines is 1. The second-order valence-corrected chi connectivity index (χ2v) is 10.9. The fraction of sp³-hybridized carbons (Fsp3) is 0.387. The quantitative estimate of drug-likeness (QED) is 0.236. The molecule has 40 heavy (non-hydrogen) atoms. The van der Waals surface area contributed by atoms with Gasteiger partial charge >= 0.3 is 0 Å². The monoisotopic (exact) mass is 539 g/mol. The van der Waals surface area contributed by atoms with E-state index in [-0.39, 0.29) is 6.04 Å². The number of piperidine rings is 1. The molecule has 0 bridgehead atoms. The van der Waals surface area contributed by atoms with Crippen molar-refractivity contribution in [1.82, 2.24) is 30.3 Å². The van der Waals surface area contributed by atoms with Crippen LogP contribution in [0.4, 0.5) is 5.82 Å². The number of ether oxygens (including phenoxy) is 1. The van der Waals surface area contributed by atoms with Crippen LogP contribution in [-0.2, 0) is 0 Å². The minimum Gasteiger partial charge on any atom is -0.496 e. The van der Waals surface area contributed by atoms with E-state index in [1.54, 1.807) is 7.11 Å². The van der Waals surface area contributed by atoms with Crippen molar-refractivity contribution in [2.75, 3.05) is 39.1 Å². The average molecular weight is 540 g/mol. The Kier molecular flexibility index (Phi) is 7.16. The molecule has 0 amide bonds. The number of nitrogens with zero attached hydrogens (tertiary/aromatic N) is 4. The first-order valence-corrected chi connectivity index (χ1v) is 14.0. The molecule has 0 spiro atoms. The third-order valence-electron chi connectivity index (χ3n) is 8.03. The summed E-state index contributed by atoms with van der Waals surface area (Å²) in [5.41, 5.74) is 5.66. The summed E-state index contributed by atoms with van der Waals surface area (Å²) in [7, 11) is 3.89. The SMILES string of the molecule is COc1cc2c(cc1-c1c(C)noc1C)[nH]c1nc(C)nc(NC(CNC3CCN(C)CC3)c3ccccc3)c12. The van der Waals surface area contributed by atoms with Gasteiger partial charge in [-0.2, -0.15) is 0 Å². The number of methoxy groups -OCH3 is 1. The average Bonchev–Trinajstić information content (AvgIpc) is 3.49. The van der Waals surface area contributed by atoms with Crippen molar-refractivity contribution in [3.05, 3.63) is 65.3 Å². The molecule has 1 unspecified atom stereocenters. The molecule has 1 saturated heterocycles. The zero-order chi connectivity index (χ0) is 27.8. The van der Waals surface area contributed by atoms with E-state index in [9.17, 15) is 0 Å². The zero-order valence-electron chi connectivity index (χ0n) is 23.8. The number of nitrogens with one attached hydrogen (secondary N) is 3. The molecule has 0 saturated carbocycles. The molecule has 1 atom stereocenters. The molecule has 5 aromatic rings. The van der Waals surface area contributed by atoms with Crippen molar-refractivity contribution in [3.8, 4) is 16.9 Å². The van der Waals surface area contributed by atoms with E-state index >= 15 is 0 Å². The Bertz CT molecular complexity index is 1620. The Morgan fingerprint density at radius 3 is 2.58 bits per heavy atom. The van der Waals surface area contributed by atoms with Crippen molar-refractivity contribution in [2.24, 2.45) is 0 Å². The summed E-state index contributed by atoms with van der Waals surface area (Å²) in [5, 5.41) is 13.7. The first kappa shape index (κ1) is 26.3. The summed E-state index contributed by atoms with van der Waals surface area (Å²) in [5.74, 6) is 3.01. The first-order chi connectivity index (χ1) is 19.4. The Morgan fingerprint density at radius 2 is 1.88 bits per heavy atom. The Hall–Kier alpha value is -3.95. The van der Waals surface area contributed by atoms with Crippen LogP contribution in [0.25, 0.3) is 33.1 Å². The zero-order valence-corrected chi connectivity index (χ0v) is 23.8. The highest BCUT2D eigenvalue weighted by atomic mass is 16.5. The van der Waals surface area contributed by atoms with Crippen LogP contribution in [-0.4, -0.2) is 64.8 Å². The normalized spacial score (nSPS) is 15.6. The molecule has 6 rings (SSSR count). The van der Waals surface area contributed by atoms with Gasteiger partial charge < -0.3 is 29.8 Å². The standard InChI is InChI=1S/C31H37N7O2/c1-18-28(19(2)40-37-18)24-15-25-23(16-27(24)39-5)29-30(35-25)33-20(3)34-31(29)36-26(21-9-7-6-8-10-21)17-32-22-11-13-38(4)14-12-22/h6-10,15-16,22,26,32H,11-14,17H2,1-5H3,(H2,33,34,35,36). The maximum atomic E-state index is 5.87. The minimum absolute atomic E-state index is 0.0341. The van der Waals surface area contributed by atoms with E-state index in [0.29, 0.717) is 11.9 Å². The number of aryl methyl sites for hydroxylation is 3. The van der Waals surface area contributed by atoms with Crippen LogP contribution in [0.2, 0.25) is 0 Å². The highest BCUT2D eigenvalue weighted by Crippen LogP contribution is 2.41. The summed E-state index contributed by atoms with van der Waals surface area (Å²) in [6.45, 7) is 8.84. The molecule has 0 radical (unpaired) electrons. The van der Waals surface area contributed by atoms with Crippen LogP contribution in [0.1, 0.15) is 41.7 Å². The molecule has 0 aliphatic carbocycles. The predicted molar refractivity (Wildman–Crippen MR) is 159 cm³/mol. The second-order valence-electron chi connectivity index (χ2n) is 10.9. The summed E-state index contributed by atoms with van der Waals surface area (Å²) < 4.78 is 11.3. The minimum atomic E-state index is 0.0341. The molecule has 9 heteroatoms. The molecule has 4 heterocycles. The van der Waals surface area contributed by atoms with Crippen molar-refractivity contribution < 1.29 is 9.26 Å². The summed E-state index contributed by atoms with van der Waals surface area (Å²) in [4.78, 5) is 15.6. The molecule has 1 fully saturated rings. The lowest BCUT2D eigenvalue weighted by Gasteiger charge is -2.31. The van der Waals surface area contributed by atoms with Crippen molar-refractivity contribution in [3.63, 3.8) is 0 Å². The summed E-state index contributed by atoms with van der Waals surface area (Å²) in [6, 6.07) is 15.3. The van der Waals surface area contributed by atoms with Crippen LogP contribution in [0.3, 0.4) is 0 Å². The van der Waals surface area contributed by atoms with Gasteiger partial charge in [-0.3, -0.25) is 0 Å². The van der Waals surface area contributed by atoms with Crippen molar-refractivity contribution in [2.45, 2.75) is 45.7 Å². The summed E-state index contributed by atoms with van der Waals surface area (Å²) in [6.07, 6.45) is 2.31. The van der Waals surface area contributed by atoms with E-state index in [0.717, 1.165) is 88.6 Å². The number of H-pyrrole nitrogens is 1. The van der Waals surface area contributed by atoms with Crippen LogP contribution in [0.5, 0.6) is 5.75 Å². The van der Waals surface area contributed by atoms with Gasteiger partial charge in [0.25, 0.3) is 0 Å². The van der Waals surface area contributed by atoms with Gasteiger partial charge in [-0.15, -0.1) is 0 Å². The lowest BCUT2D eigenvalue weighted by atomic mass is 10.0. The van der Waals surface area contributed by atoms with Gasteiger partial charge in [0.15, 0.2) is 0 Å². The van der Waals surface area contributed by atoms with Crippen LogP contribution in [0.15, 0.2) is 47.0 Å². The number of hydrogen-bond acceptors (Lipinski definition) is 8. The van der Waals surface area contributed by atoms with E-state index in [4.69, 9.17) is 19.2 Å². The molecular formula is C31H37N7O2. The Balaban J connectivity index is 1.41. The number of benzene rings is 2. The lowest BCUT2D eigenvalue weighted by molar-refractivity contribution is 0.234. The number of likely N-dealkylation sites (tertiary alicyclic amines) is 1. The van der Waals surface area contributed by atoms with Crippen LogP contribution in [0, 0.1) is 20.8 Å². The largest absolute Gasteiger partial charge is 0.496 e. The topological polar surface area (TPSA) is 104 Å². The van der Waals surface area contributed by atoms with Crippen molar-refractivity contribution >= 4 is 27.8 Å². The second kappa shape index (κ2) is 10.9. The maximum absolute atomic E-state index is 5.87. The molecule has 1 aliphatic rings. The van der Waals surface area contributed by atoms with Crippen LogP contribution >= 0.6 is 0 Å². The van der Waals surface area contributed by atoms with Gasteiger partial charge in [0.1, 0.15) is 28.8 Å². The summed E-state index contributed by atoms with van der Waals surface area (Å²) >= 11 is 0. The van der Waals surface area contributed by atoms with Crippen molar-refractivity contribution in [1.29, 1.82) is 0 Å². The van der Waals surface area contributed by atoms with Gasteiger partial charge in [-0.05, 0) is 71.4 Å². The van der Waals surface area contributed by atoms with Crippen LogP contribution < -0.4 is 15.4 Å². The molecule has 3 aromatic heterocycles. The maximum Gasteiger partial charge on any atom is 0.144 e. The van der Waals surface area contributed by atoms with Gasteiger partial charge in [0.05, 0.1) is 29.8 Å². The molecular weight excluding hydrogens is 502 g/mol. The fourth-order valence-electron chi connectivity index (χ4n) is 5.87.